The molecule has 9 heteroatoms. The van der Waals surface area contributed by atoms with Crippen molar-refractivity contribution in [3.8, 4) is 0 Å². The fourth-order valence-corrected chi connectivity index (χ4v) is 7.61. The van der Waals surface area contributed by atoms with Crippen molar-refractivity contribution >= 4 is 23.7 Å². The van der Waals surface area contributed by atoms with E-state index in [-0.39, 0.29) is 12.2 Å². The molecule has 9 nitrogen and oxygen atoms in total. The van der Waals surface area contributed by atoms with Crippen LogP contribution in [0.4, 0.5) is 0 Å². The molecule has 0 aromatic carbocycles. The molecule has 4 rings (SSSR count). The normalized spacial score (nSPS) is 45.7. The van der Waals surface area contributed by atoms with Crippen molar-refractivity contribution in [2.75, 3.05) is 0 Å². The van der Waals surface area contributed by atoms with E-state index in [1.165, 1.54) is 20.8 Å². The SMILES string of the molecule is C=C1C(O)CCC2(C)C(OC(C)=O)C(OC(C)=O)C34OC3(C)C(=O)CC(C(OC(C)=O)C12)C4(C)C. The molecule has 1 spiro atoms. The maximum Gasteiger partial charge on any atom is 0.303 e. The lowest BCUT2D eigenvalue weighted by atomic mass is 9.46. The Hall–Kier alpha value is -2.26. The van der Waals surface area contributed by atoms with Crippen LogP contribution in [0.2, 0.25) is 0 Å². The van der Waals surface area contributed by atoms with E-state index in [9.17, 15) is 24.3 Å². The van der Waals surface area contributed by atoms with Crippen LogP contribution >= 0.6 is 0 Å². The monoisotopic (exact) mass is 492 g/mol. The van der Waals surface area contributed by atoms with Crippen molar-refractivity contribution in [1.29, 1.82) is 0 Å². The van der Waals surface area contributed by atoms with Crippen molar-refractivity contribution in [2.45, 2.75) is 103 Å². The van der Waals surface area contributed by atoms with Crippen LogP contribution in [-0.2, 0) is 38.1 Å². The highest BCUT2D eigenvalue weighted by molar-refractivity contribution is 5.94. The molecule has 9 unspecified atom stereocenters. The zero-order chi connectivity index (χ0) is 26.3. The van der Waals surface area contributed by atoms with Gasteiger partial charge < -0.3 is 24.1 Å². The summed E-state index contributed by atoms with van der Waals surface area (Å²) in [6.45, 7) is 15.4. The highest BCUT2D eigenvalue weighted by Crippen LogP contribution is 2.72. The summed E-state index contributed by atoms with van der Waals surface area (Å²) in [5.41, 5.74) is -3.95. The van der Waals surface area contributed by atoms with Crippen LogP contribution in [0.15, 0.2) is 12.2 Å². The molecule has 4 fully saturated rings. The molecule has 0 aromatic rings. The van der Waals surface area contributed by atoms with Crippen molar-refractivity contribution in [1.82, 2.24) is 0 Å². The van der Waals surface area contributed by atoms with Gasteiger partial charge in [-0.25, -0.2) is 0 Å². The number of carbonyl (C=O) groups is 4. The highest BCUT2D eigenvalue weighted by atomic mass is 16.7. The van der Waals surface area contributed by atoms with Crippen LogP contribution in [0.1, 0.15) is 67.7 Å². The summed E-state index contributed by atoms with van der Waals surface area (Å²) in [5.74, 6) is -3.13. The first kappa shape index (κ1) is 25.8. The largest absolute Gasteiger partial charge is 0.462 e. The van der Waals surface area contributed by atoms with E-state index in [2.05, 4.69) is 6.58 Å². The van der Waals surface area contributed by atoms with Crippen molar-refractivity contribution in [3.05, 3.63) is 12.2 Å². The predicted octanol–water partition coefficient (Wildman–Crippen LogP) is 2.27. The van der Waals surface area contributed by atoms with Crippen molar-refractivity contribution in [3.63, 3.8) is 0 Å². The molecule has 194 valence electrons. The molecule has 0 aromatic heterocycles. The van der Waals surface area contributed by atoms with Gasteiger partial charge in [-0.1, -0.05) is 27.4 Å². The quantitative estimate of drug-likeness (QED) is 0.273. The molecule has 1 heterocycles. The average Bonchev–Trinajstić information content (AvgIpc) is 3.39. The van der Waals surface area contributed by atoms with E-state index in [0.717, 1.165) is 0 Å². The fraction of sp³-hybridized carbons (Fsp3) is 0.769. The van der Waals surface area contributed by atoms with Crippen LogP contribution in [0.3, 0.4) is 0 Å². The van der Waals surface area contributed by atoms with Gasteiger partial charge in [0.15, 0.2) is 23.1 Å². The van der Waals surface area contributed by atoms with Gasteiger partial charge in [0.25, 0.3) is 0 Å². The standard InChI is InChI=1S/C26H36O9/c1-12-17(30)9-10-24(7)19(12)20(32-13(2)27)16-11-18(31)25(8)26(35-25,23(16,5)6)22(34-15(4)29)21(24)33-14(3)28/h16-17,19-22,30H,1,9-11H2,2-8H3. The third kappa shape index (κ3) is 3.34. The maximum absolute atomic E-state index is 13.5. The Morgan fingerprint density at radius 1 is 0.971 bits per heavy atom. The van der Waals surface area contributed by atoms with E-state index in [4.69, 9.17) is 18.9 Å². The number of carbonyl (C=O) groups excluding carboxylic acids is 4. The number of epoxide rings is 1. The molecular weight excluding hydrogens is 456 g/mol. The molecule has 4 aliphatic rings. The van der Waals surface area contributed by atoms with Crippen LogP contribution in [0.25, 0.3) is 0 Å². The van der Waals surface area contributed by atoms with E-state index in [1.54, 1.807) is 6.92 Å². The smallest absolute Gasteiger partial charge is 0.303 e. The van der Waals surface area contributed by atoms with Crippen LogP contribution < -0.4 is 0 Å². The molecule has 1 saturated heterocycles. The number of aliphatic hydroxyl groups is 1. The Balaban J connectivity index is 2.05. The Bertz CT molecular complexity index is 1000. The summed E-state index contributed by atoms with van der Waals surface area (Å²) in [6.07, 6.45) is -3.09. The number of aliphatic hydroxyl groups excluding tert-OH is 1. The van der Waals surface area contributed by atoms with Crippen LogP contribution in [0, 0.1) is 22.7 Å². The van der Waals surface area contributed by atoms with Gasteiger partial charge in [-0.15, -0.1) is 0 Å². The maximum atomic E-state index is 13.5. The van der Waals surface area contributed by atoms with Gasteiger partial charge in [-0.2, -0.15) is 0 Å². The zero-order valence-corrected chi connectivity index (χ0v) is 21.5. The number of hydrogen-bond donors (Lipinski definition) is 1. The number of Topliss-reactive ketones (excluding diaryl/α,β-unsaturated/α-hetero) is 1. The minimum Gasteiger partial charge on any atom is -0.462 e. The molecule has 2 bridgehead atoms. The Kier molecular flexibility index (Phi) is 5.80. The summed E-state index contributed by atoms with van der Waals surface area (Å²) in [7, 11) is 0. The topological polar surface area (TPSA) is 129 Å². The summed E-state index contributed by atoms with van der Waals surface area (Å²) >= 11 is 0. The first-order valence-electron chi connectivity index (χ1n) is 12.2. The fourth-order valence-electron chi connectivity index (χ4n) is 7.61. The third-order valence-electron chi connectivity index (χ3n) is 9.29. The first-order chi connectivity index (χ1) is 16.0. The molecule has 35 heavy (non-hydrogen) atoms. The van der Waals surface area contributed by atoms with Gasteiger partial charge in [-0.3, -0.25) is 19.2 Å². The second-order valence-electron chi connectivity index (χ2n) is 11.6. The molecular formula is C26H36O9. The van der Waals surface area contributed by atoms with E-state index in [1.807, 2.05) is 20.8 Å². The van der Waals surface area contributed by atoms with Gasteiger partial charge in [0, 0.05) is 49.9 Å². The summed E-state index contributed by atoms with van der Waals surface area (Å²) in [6, 6.07) is 0. The molecule has 1 N–H and O–H groups in total. The predicted molar refractivity (Wildman–Crippen MR) is 122 cm³/mol. The second-order valence-corrected chi connectivity index (χ2v) is 11.6. The van der Waals surface area contributed by atoms with Crippen LogP contribution in [0.5, 0.6) is 0 Å². The number of esters is 3. The first-order valence-corrected chi connectivity index (χ1v) is 12.2. The number of ketones is 1. The summed E-state index contributed by atoms with van der Waals surface area (Å²) in [4.78, 5) is 50.7. The summed E-state index contributed by atoms with van der Waals surface area (Å²) < 4.78 is 24.1. The molecule has 1 aliphatic heterocycles. The van der Waals surface area contributed by atoms with Gasteiger partial charge in [0.2, 0.25) is 0 Å². The van der Waals surface area contributed by atoms with Gasteiger partial charge in [-0.05, 0) is 25.3 Å². The van der Waals surface area contributed by atoms with E-state index >= 15 is 0 Å². The number of rotatable bonds is 3. The lowest BCUT2D eigenvalue weighted by Gasteiger charge is -2.60. The Labute approximate surface area is 205 Å². The van der Waals surface area contributed by atoms with E-state index in [0.29, 0.717) is 18.4 Å². The van der Waals surface area contributed by atoms with Gasteiger partial charge in [0.1, 0.15) is 12.2 Å². The lowest BCUT2D eigenvalue weighted by molar-refractivity contribution is -0.229. The van der Waals surface area contributed by atoms with Gasteiger partial charge >= 0.3 is 17.9 Å². The minimum atomic E-state index is -1.31. The van der Waals surface area contributed by atoms with E-state index < -0.39 is 76.2 Å². The number of fused-ring (bicyclic) bond motifs is 2. The molecule has 0 radical (unpaired) electrons. The molecule has 9 atom stereocenters. The Morgan fingerprint density at radius 2 is 1.51 bits per heavy atom. The average molecular weight is 493 g/mol. The minimum absolute atomic E-state index is 0.0736. The van der Waals surface area contributed by atoms with Gasteiger partial charge in [0.05, 0.1) is 6.10 Å². The second kappa shape index (κ2) is 7.87. The third-order valence-corrected chi connectivity index (χ3v) is 9.29. The number of hydrogen-bond acceptors (Lipinski definition) is 9. The summed E-state index contributed by atoms with van der Waals surface area (Å²) in [5, 5.41) is 10.8. The number of ether oxygens (including phenoxy) is 4. The van der Waals surface area contributed by atoms with Crippen molar-refractivity contribution < 1.29 is 43.2 Å². The highest BCUT2D eigenvalue weighted by Gasteiger charge is 2.88. The zero-order valence-electron chi connectivity index (χ0n) is 21.5. The molecule has 0 amide bonds. The molecule has 3 aliphatic carbocycles. The Morgan fingerprint density at radius 3 is 2.06 bits per heavy atom. The van der Waals surface area contributed by atoms with Crippen LogP contribution in [-0.4, -0.2) is 64.4 Å². The molecule has 3 saturated carbocycles. The van der Waals surface area contributed by atoms with Crippen molar-refractivity contribution in [2.24, 2.45) is 22.7 Å². The lowest BCUT2D eigenvalue weighted by Crippen LogP contribution is -2.71.